The van der Waals surface area contributed by atoms with E-state index in [1.54, 1.807) is 6.20 Å². The number of nitrogens with one attached hydrogen (secondary N) is 1. The lowest BCUT2D eigenvalue weighted by Crippen LogP contribution is -2.23. The average molecular weight is 353 g/mol. The van der Waals surface area contributed by atoms with E-state index in [-0.39, 0.29) is 11.8 Å². The minimum absolute atomic E-state index is 0.0673. The van der Waals surface area contributed by atoms with Crippen LogP contribution in [0.5, 0.6) is 0 Å². The SMILES string of the molecule is O=C(NCc1ccnc(C2CCCOC2)n1)c1cc2ccccc2s1. The fourth-order valence-corrected chi connectivity index (χ4v) is 3.98. The zero-order valence-corrected chi connectivity index (χ0v) is 14.6. The quantitative estimate of drug-likeness (QED) is 0.779. The van der Waals surface area contributed by atoms with E-state index in [9.17, 15) is 4.79 Å². The van der Waals surface area contributed by atoms with Crippen molar-refractivity contribution in [1.82, 2.24) is 15.3 Å². The first-order valence-corrected chi connectivity index (χ1v) is 9.27. The maximum Gasteiger partial charge on any atom is 0.261 e. The molecule has 5 nitrogen and oxygen atoms in total. The van der Waals surface area contributed by atoms with Gasteiger partial charge >= 0.3 is 0 Å². The summed E-state index contributed by atoms with van der Waals surface area (Å²) < 4.78 is 6.63. The fourth-order valence-electron chi connectivity index (χ4n) is 3.00. The molecule has 1 saturated heterocycles. The van der Waals surface area contributed by atoms with Gasteiger partial charge in [-0.3, -0.25) is 4.79 Å². The summed E-state index contributed by atoms with van der Waals surface area (Å²) in [5.74, 6) is 1.00. The Morgan fingerprint density at radius 2 is 2.24 bits per heavy atom. The molecule has 0 radical (unpaired) electrons. The Kier molecular flexibility index (Phi) is 4.72. The summed E-state index contributed by atoms with van der Waals surface area (Å²) in [5, 5.41) is 4.05. The van der Waals surface area contributed by atoms with Crippen LogP contribution in [0.15, 0.2) is 42.6 Å². The first-order chi connectivity index (χ1) is 12.3. The number of thiophene rings is 1. The number of rotatable bonds is 4. The Bertz CT molecular complexity index is 854. The van der Waals surface area contributed by atoms with E-state index >= 15 is 0 Å². The monoisotopic (exact) mass is 353 g/mol. The number of nitrogens with zero attached hydrogens (tertiary/aromatic N) is 2. The molecule has 1 unspecified atom stereocenters. The Morgan fingerprint density at radius 1 is 1.32 bits per heavy atom. The molecular weight excluding hydrogens is 334 g/mol. The summed E-state index contributed by atoms with van der Waals surface area (Å²) in [5.41, 5.74) is 0.824. The van der Waals surface area contributed by atoms with Crippen LogP contribution in [0.4, 0.5) is 0 Å². The van der Waals surface area contributed by atoms with E-state index in [1.807, 2.05) is 36.4 Å². The summed E-state index contributed by atoms with van der Waals surface area (Å²) in [6, 6.07) is 11.8. The number of benzene rings is 1. The first-order valence-electron chi connectivity index (χ1n) is 8.46. The van der Waals surface area contributed by atoms with Gasteiger partial charge in [-0.25, -0.2) is 9.97 Å². The summed E-state index contributed by atoms with van der Waals surface area (Å²) in [4.78, 5) is 22.1. The van der Waals surface area contributed by atoms with E-state index in [2.05, 4.69) is 15.3 Å². The molecule has 1 aliphatic heterocycles. The maximum absolute atomic E-state index is 12.4. The normalized spacial score (nSPS) is 17.5. The molecule has 0 spiro atoms. The Hall–Kier alpha value is -2.31. The summed E-state index contributed by atoms with van der Waals surface area (Å²) in [6.45, 7) is 1.90. The van der Waals surface area contributed by atoms with Crippen LogP contribution in [0, 0.1) is 0 Å². The van der Waals surface area contributed by atoms with Crippen LogP contribution >= 0.6 is 11.3 Å². The van der Waals surface area contributed by atoms with E-state index in [0.717, 1.165) is 45.9 Å². The summed E-state index contributed by atoms with van der Waals surface area (Å²) in [7, 11) is 0. The molecule has 1 atom stereocenters. The van der Waals surface area contributed by atoms with Gasteiger partial charge in [0.25, 0.3) is 5.91 Å². The van der Waals surface area contributed by atoms with E-state index in [4.69, 9.17) is 4.74 Å². The van der Waals surface area contributed by atoms with Gasteiger partial charge in [-0.05, 0) is 36.4 Å². The maximum atomic E-state index is 12.4. The predicted molar refractivity (Wildman–Crippen MR) is 97.8 cm³/mol. The molecule has 1 amide bonds. The highest BCUT2D eigenvalue weighted by atomic mass is 32.1. The molecule has 3 heterocycles. The van der Waals surface area contributed by atoms with Crippen LogP contribution < -0.4 is 5.32 Å². The Labute approximate surface area is 150 Å². The predicted octanol–water partition coefficient (Wildman–Crippen LogP) is 3.52. The van der Waals surface area contributed by atoms with Gasteiger partial charge in [-0.15, -0.1) is 11.3 Å². The number of ether oxygens (including phenoxy) is 1. The van der Waals surface area contributed by atoms with Crippen LogP contribution in [0.25, 0.3) is 10.1 Å². The van der Waals surface area contributed by atoms with Gasteiger partial charge in [0, 0.05) is 23.4 Å². The van der Waals surface area contributed by atoms with Crippen molar-refractivity contribution in [1.29, 1.82) is 0 Å². The van der Waals surface area contributed by atoms with Crippen LogP contribution in [-0.2, 0) is 11.3 Å². The van der Waals surface area contributed by atoms with Crippen molar-refractivity contribution in [3.63, 3.8) is 0 Å². The lowest BCUT2D eigenvalue weighted by atomic mass is 10.0. The van der Waals surface area contributed by atoms with Crippen molar-refractivity contribution >= 4 is 27.3 Å². The molecule has 4 rings (SSSR count). The largest absolute Gasteiger partial charge is 0.381 e. The van der Waals surface area contributed by atoms with Gasteiger partial charge in [0.05, 0.1) is 23.7 Å². The van der Waals surface area contributed by atoms with Crippen molar-refractivity contribution in [3.05, 3.63) is 59.0 Å². The van der Waals surface area contributed by atoms with Crippen molar-refractivity contribution in [3.8, 4) is 0 Å². The third kappa shape index (κ3) is 3.70. The minimum atomic E-state index is -0.0673. The standard InChI is InChI=1S/C19H19N3O2S/c23-19(17-10-13-4-1-2-6-16(13)25-17)21-11-15-7-8-20-18(22-15)14-5-3-9-24-12-14/h1-2,4,6-8,10,14H,3,5,9,11-12H2,(H,21,23). The third-order valence-corrected chi connectivity index (χ3v) is 5.45. The molecule has 1 N–H and O–H groups in total. The zero-order valence-electron chi connectivity index (χ0n) is 13.8. The number of carbonyl (C=O) groups is 1. The third-order valence-electron chi connectivity index (χ3n) is 4.34. The van der Waals surface area contributed by atoms with Gasteiger partial charge < -0.3 is 10.1 Å². The number of fused-ring (bicyclic) bond motifs is 1. The zero-order chi connectivity index (χ0) is 17.1. The lowest BCUT2D eigenvalue weighted by molar-refractivity contribution is 0.0779. The smallest absolute Gasteiger partial charge is 0.261 e. The lowest BCUT2D eigenvalue weighted by Gasteiger charge is -2.20. The van der Waals surface area contributed by atoms with Crippen molar-refractivity contribution < 1.29 is 9.53 Å². The molecule has 0 bridgehead atoms. The molecule has 0 aliphatic carbocycles. The van der Waals surface area contributed by atoms with Gasteiger partial charge in [-0.1, -0.05) is 18.2 Å². The first kappa shape index (κ1) is 16.2. The highest BCUT2D eigenvalue weighted by Gasteiger charge is 2.19. The highest BCUT2D eigenvalue weighted by Crippen LogP contribution is 2.25. The molecule has 0 saturated carbocycles. The summed E-state index contributed by atoms with van der Waals surface area (Å²) in [6.07, 6.45) is 3.86. The molecule has 25 heavy (non-hydrogen) atoms. The second kappa shape index (κ2) is 7.29. The number of carbonyl (C=O) groups excluding carboxylic acids is 1. The summed E-state index contributed by atoms with van der Waals surface area (Å²) >= 11 is 1.51. The highest BCUT2D eigenvalue weighted by molar-refractivity contribution is 7.20. The van der Waals surface area contributed by atoms with E-state index < -0.39 is 0 Å². The fraction of sp³-hybridized carbons (Fsp3) is 0.316. The minimum Gasteiger partial charge on any atom is -0.381 e. The molecule has 128 valence electrons. The number of amides is 1. The molecule has 3 aromatic rings. The van der Waals surface area contributed by atoms with Crippen LogP contribution in [-0.4, -0.2) is 29.1 Å². The van der Waals surface area contributed by atoms with Crippen molar-refractivity contribution in [2.45, 2.75) is 25.3 Å². The van der Waals surface area contributed by atoms with Gasteiger partial charge in [0.15, 0.2) is 0 Å². The second-order valence-corrected chi connectivity index (χ2v) is 7.24. The molecular formula is C19H19N3O2S. The molecule has 1 aliphatic rings. The second-order valence-electron chi connectivity index (χ2n) is 6.15. The number of hydrogen-bond acceptors (Lipinski definition) is 5. The van der Waals surface area contributed by atoms with Gasteiger partial charge in [0.1, 0.15) is 5.82 Å². The average Bonchev–Trinajstić information content (AvgIpc) is 3.11. The van der Waals surface area contributed by atoms with Crippen molar-refractivity contribution in [2.75, 3.05) is 13.2 Å². The molecule has 1 aromatic carbocycles. The molecule has 1 fully saturated rings. The van der Waals surface area contributed by atoms with E-state index in [0.29, 0.717) is 13.2 Å². The van der Waals surface area contributed by atoms with Gasteiger partial charge in [0.2, 0.25) is 0 Å². The van der Waals surface area contributed by atoms with E-state index in [1.165, 1.54) is 11.3 Å². The van der Waals surface area contributed by atoms with Crippen molar-refractivity contribution in [2.24, 2.45) is 0 Å². The molecule has 2 aromatic heterocycles. The van der Waals surface area contributed by atoms with Crippen LogP contribution in [0.1, 0.15) is 39.9 Å². The number of aromatic nitrogens is 2. The topological polar surface area (TPSA) is 64.1 Å². The Balaban J connectivity index is 1.42. The number of hydrogen-bond donors (Lipinski definition) is 1. The van der Waals surface area contributed by atoms with Gasteiger partial charge in [-0.2, -0.15) is 0 Å². The molecule has 6 heteroatoms. The van der Waals surface area contributed by atoms with Crippen LogP contribution in [0.3, 0.4) is 0 Å². The van der Waals surface area contributed by atoms with Crippen LogP contribution in [0.2, 0.25) is 0 Å². The Morgan fingerprint density at radius 3 is 3.08 bits per heavy atom.